The molecule has 0 aliphatic carbocycles. The van der Waals surface area contributed by atoms with Crippen LogP contribution in [0.2, 0.25) is 0 Å². The maximum atomic E-state index is 12.2. The Hall–Kier alpha value is -7.64. The summed E-state index contributed by atoms with van der Waals surface area (Å²) in [7, 11) is 1.48. The zero-order valence-corrected chi connectivity index (χ0v) is 51.6. The van der Waals surface area contributed by atoms with Crippen molar-refractivity contribution < 1.29 is 47.8 Å². The normalized spacial score (nSPS) is 11.0. The van der Waals surface area contributed by atoms with Gasteiger partial charge in [0.2, 0.25) is 0 Å². The number of nitro benzene ring substituents is 1. The number of carbonyl (C=O) groups excluding carboxylic acids is 4. The van der Waals surface area contributed by atoms with Crippen LogP contribution in [-0.2, 0) is 27.2 Å². The highest BCUT2D eigenvalue weighted by molar-refractivity contribution is 5.74. The van der Waals surface area contributed by atoms with Crippen molar-refractivity contribution in [3.05, 3.63) is 137 Å². The molecule has 0 N–H and O–H groups in total. The number of nitro groups is 1. The molecule has 20 heteroatoms. The van der Waals surface area contributed by atoms with E-state index in [1.165, 1.54) is 140 Å². The van der Waals surface area contributed by atoms with Crippen molar-refractivity contribution in [3.63, 3.8) is 0 Å². The standard InChI is InChI=1S/C23H42N2O2.C16H19N3O5.C13H14N2O2.C11H18N2O2/c1-3-5-6-7-8-9-10-11-12-13-14-15-16-17-18-19-22-24-20-21-25(22)23(26)27-4-2;1-10(2)15-17-5-6-18(15)16(20)24-9-12-8-14(23-4)11(3)7-13(12)19(21)22;1-10(2)12-14-8-9-15(12)13(16)17-11-6-4-3-5-7-11;1-8(2)9-12-6-7-13(9)10(14)15-11(3,4)5/h20-21H,3-19H2,1-2H3;5-8,10H,9H2,1-4H3;3-10H,1-2H3;6-8H,1-5H3. The molecule has 20 nitrogen and oxygen atoms in total. The van der Waals surface area contributed by atoms with Gasteiger partial charge in [-0.05, 0) is 64.8 Å². The first-order valence-corrected chi connectivity index (χ1v) is 29.4. The van der Waals surface area contributed by atoms with Gasteiger partial charge in [-0.15, -0.1) is 0 Å². The topological polar surface area (TPSA) is 229 Å². The molecular formula is C63H93N9O11. The molecule has 83 heavy (non-hydrogen) atoms. The zero-order chi connectivity index (χ0) is 61.3. The highest BCUT2D eigenvalue weighted by Crippen LogP contribution is 2.29. The summed E-state index contributed by atoms with van der Waals surface area (Å²) in [6, 6.07) is 11.9. The van der Waals surface area contributed by atoms with Crippen LogP contribution in [0.3, 0.4) is 0 Å². The van der Waals surface area contributed by atoms with Crippen LogP contribution < -0.4 is 9.47 Å². The van der Waals surface area contributed by atoms with Crippen molar-refractivity contribution in [3.8, 4) is 11.5 Å². The Balaban J connectivity index is 0.000000297. The van der Waals surface area contributed by atoms with Crippen molar-refractivity contribution in [2.24, 2.45) is 0 Å². The maximum Gasteiger partial charge on any atom is 0.424 e. The number of methoxy groups -OCH3 is 1. The molecule has 0 amide bonds. The molecule has 0 aliphatic rings. The smallest absolute Gasteiger partial charge is 0.424 e. The predicted molar refractivity (Wildman–Crippen MR) is 322 cm³/mol. The highest BCUT2D eigenvalue weighted by Gasteiger charge is 2.23. The number of benzene rings is 2. The van der Waals surface area contributed by atoms with E-state index in [-0.39, 0.29) is 47.8 Å². The van der Waals surface area contributed by atoms with Crippen LogP contribution in [0.5, 0.6) is 11.5 Å². The molecule has 0 radical (unpaired) electrons. The summed E-state index contributed by atoms with van der Waals surface area (Å²) >= 11 is 0. The zero-order valence-electron chi connectivity index (χ0n) is 51.6. The number of imidazole rings is 4. The third-order valence-electron chi connectivity index (χ3n) is 12.8. The van der Waals surface area contributed by atoms with Crippen LogP contribution in [-0.4, -0.2) is 86.8 Å². The number of aryl methyl sites for hydroxylation is 2. The number of aromatic nitrogens is 8. The summed E-state index contributed by atoms with van der Waals surface area (Å²) in [4.78, 5) is 75.0. The van der Waals surface area contributed by atoms with Crippen molar-refractivity contribution in [1.29, 1.82) is 0 Å². The summed E-state index contributed by atoms with van der Waals surface area (Å²) in [6.45, 7) is 23.3. The van der Waals surface area contributed by atoms with Crippen LogP contribution in [0, 0.1) is 17.0 Å². The van der Waals surface area contributed by atoms with Gasteiger partial charge in [-0.2, -0.15) is 0 Å². The first-order chi connectivity index (χ1) is 39.6. The lowest BCUT2D eigenvalue weighted by atomic mass is 10.0. The second-order valence-electron chi connectivity index (χ2n) is 22.0. The average Bonchev–Trinajstić information content (AvgIpc) is 4.49. The van der Waals surface area contributed by atoms with E-state index in [2.05, 4.69) is 26.9 Å². The molecule has 6 rings (SSSR count). The molecule has 4 aromatic heterocycles. The molecule has 0 saturated carbocycles. The predicted octanol–water partition coefficient (Wildman–Crippen LogP) is 16.6. The van der Waals surface area contributed by atoms with E-state index >= 15 is 0 Å². The number of rotatable bonds is 25. The van der Waals surface area contributed by atoms with Crippen molar-refractivity contribution in [2.75, 3.05) is 13.7 Å². The van der Waals surface area contributed by atoms with Gasteiger partial charge in [0.15, 0.2) is 0 Å². The lowest BCUT2D eigenvalue weighted by molar-refractivity contribution is -0.385. The van der Waals surface area contributed by atoms with Gasteiger partial charge in [0.25, 0.3) is 5.69 Å². The number of nitrogens with zero attached hydrogens (tertiary/aromatic N) is 9. The number of hydrogen-bond donors (Lipinski definition) is 0. The monoisotopic (exact) mass is 1150 g/mol. The third-order valence-corrected chi connectivity index (χ3v) is 12.8. The summed E-state index contributed by atoms with van der Waals surface area (Å²) in [5, 5.41) is 11.2. The molecule has 4 heterocycles. The van der Waals surface area contributed by atoms with Crippen molar-refractivity contribution in [1.82, 2.24) is 38.2 Å². The van der Waals surface area contributed by atoms with E-state index in [9.17, 15) is 29.3 Å². The largest absolute Gasteiger partial charge is 0.496 e. The molecule has 0 bridgehead atoms. The lowest BCUT2D eigenvalue weighted by Crippen LogP contribution is -2.28. The van der Waals surface area contributed by atoms with Crippen LogP contribution in [0.4, 0.5) is 24.9 Å². The molecule has 0 aliphatic heterocycles. The van der Waals surface area contributed by atoms with Gasteiger partial charge in [0.05, 0.1) is 24.2 Å². The Labute approximate surface area is 491 Å². The highest BCUT2D eigenvalue weighted by atomic mass is 16.6. The number of carbonyl (C=O) groups is 4. The molecular weight excluding hydrogens is 1060 g/mol. The molecule has 0 spiro atoms. The minimum atomic E-state index is -0.634. The molecule has 0 fully saturated rings. The lowest BCUT2D eigenvalue weighted by Gasteiger charge is -2.20. The number of hydrogen-bond acceptors (Lipinski definition) is 15. The summed E-state index contributed by atoms with van der Waals surface area (Å²) < 4.78 is 31.6. The molecule has 456 valence electrons. The van der Waals surface area contributed by atoms with E-state index < -0.39 is 22.7 Å². The SMILES string of the molecule is CC(C)c1nccn1C(=O)OC(C)(C)C.CC(C)c1nccn1C(=O)Oc1ccccc1.CCCCCCCCCCCCCCCCCc1nccn1C(=O)OCC.COc1cc(COC(=O)n2ccnc2C(C)C)c([N+](=O)[O-])cc1C. The molecule has 2 aromatic carbocycles. The summed E-state index contributed by atoms with van der Waals surface area (Å²) in [5.41, 5.74) is 0.309. The van der Waals surface area contributed by atoms with Gasteiger partial charge in [-0.1, -0.05) is 157 Å². The Kier molecular flexibility index (Phi) is 31.4. The number of ether oxygens (including phenoxy) is 5. The van der Waals surface area contributed by atoms with Crippen LogP contribution in [0.25, 0.3) is 0 Å². The van der Waals surface area contributed by atoms with E-state index in [0.29, 0.717) is 35.3 Å². The van der Waals surface area contributed by atoms with E-state index in [1.807, 2.05) is 87.4 Å². The molecule has 0 unspecified atom stereocenters. The Bertz CT molecular complexity index is 2840. The van der Waals surface area contributed by atoms with Gasteiger partial charge in [0, 0.05) is 79.8 Å². The molecule has 6 aromatic rings. The third kappa shape index (κ3) is 25.2. The number of unbranched alkanes of at least 4 members (excludes halogenated alkanes) is 14. The quantitative estimate of drug-likeness (QED) is 0.0225. The Morgan fingerprint density at radius 3 is 1.46 bits per heavy atom. The van der Waals surface area contributed by atoms with Gasteiger partial charge in [-0.3, -0.25) is 10.1 Å². The van der Waals surface area contributed by atoms with E-state index in [1.54, 1.807) is 56.2 Å². The van der Waals surface area contributed by atoms with Gasteiger partial charge < -0.3 is 23.7 Å². The average molecular weight is 1150 g/mol. The first kappa shape index (κ1) is 69.6. The fraction of sp³-hybridized carbons (Fsp3) is 0.556. The summed E-state index contributed by atoms with van der Waals surface area (Å²) in [5.74, 6) is 4.26. The Morgan fingerprint density at radius 2 is 1.01 bits per heavy atom. The minimum absolute atomic E-state index is 0.0429. The maximum absolute atomic E-state index is 12.2. The fourth-order valence-electron chi connectivity index (χ4n) is 8.60. The van der Waals surface area contributed by atoms with E-state index in [0.717, 1.165) is 24.5 Å². The minimum Gasteiger partial charge on any atom is -0.496 e. The fourth-order valence-corrected chi connectivity index (χ4v) is 8.60. The van der Waals surface area contributed by atoms with Crippen LogP contribution >= 0.6 is 0 Å². The molecule has 0 atom stereocenters. The van der Waals surface area contributed by atoms with Gasteiger partial charge in [-0.25, -0.2) is 57.4 Å². The Morgan fingerprint density at radius 1 is 0.578 bits per heavy atom. The number of para-hydroxylation sites is 1. The van der Waals surface area contributed by atoms with E-state index in [4.69, 9.17) is 23.7 Å². The van der Waals surface area contributed by atoms with Crippen LogP contribution in [0.15, 0.2) is 92.0 Å². The second kappa shape index (κ2) is 37.5. The van der Waals surface area contributed by atoms with Crippen molar-refractivity contribution >= 4 is 30.1 Å². The van der Waals surface area contributed by atoms with Crippen molar-refractivity contribution in [2.45, 2.75) is 216 Å². The van der Waals surface area contributed by atoms with Gasteiger partial charge >= 0.3 is 24.4 Å². The molecule has 0 saturated heterocycles. The first-order valence-electron chi connectivity index (χ1n) is 29.4. The second-order valence-corrected chi connectivity index (χ2v) is 22.0. The summed E-state index contributed by atoms with van der Waals surface area (Å²) in [6.07, 6.45) is 32.4. The van der Waals surface area contributed by atoms with Gasteiger partial charge in [0.1, 0.15) is 47.0 Å². The van der Waals surface area contributed by atoms with Crippen LogP contribution in [0.1, 0.15) is 225 Å².